The fourth-order valence-electron chi connectivity index (χ4n) is 1.79. The molecule has 2 nitrogen and oxygen atoms in total. The molecule has 3 heteroatoms. The Kier molecular flexibility index (Phi) is 4.15. The van der Waals surface area contributed by atoms with Crippen molar-refractivity contribution in [3.05, 3.63) is 29.6 Å². The van der Waals surface area contributed by atoms with Gasteiger partial charge in [0.15, 0.2) is 0 Å². The predicted molar refractivity (Wildman–Crippen MR) is 71.8 cm³/mol. The first-order valence-corrected chi connectivity index (χ1v) is 6.09. The lowest BCUT2D eigenvalue weighted by Crippen LogP contribution is -2.41. The fraction of sp³-hybridized carbons (Fsp3) is 0.571. The van der Waals surface area contributed by atoms with Gasteiger partial charge in [0.05, 0.1) is 5.69 Å². The number of benzene rings is 1. The predicted octanol–water partition coefficient (Wildman–Crippen LogP) is 3.47. The van der Waals surface area contributed by atoms with E-state index in [1.807, 2.05) is 24.9 Å². The summed E-state index contributed by atoms with van der Waals surface area (Å²) in [5.74, 6) is -0.205. The molecule has 0 radical (unpaired) electrons. The molecule has 0 aliphatic carbocycles. The molecule has 0 heterocycles. The van der Waals surface area contributed by atoms with Gasteiger partial charge in [-0.15, -0.1) is 0 Å². The molecule has 1 atom stereocenters. The zero-order chi connectivity index (χ0) is 13.2. The van der Waals surface area contributed by atoms with E-state index in [1.165, 1.54) is 6.07 Å². The van der Waals surface area contributed by atoms with Gasteiger partial charge in [-0.25, -0.2) is 4.39 Å². The topological polar surface area (TPSA) is 29.3 Å². The van der Waals surface area contributed by atoms with Crippen LogP contribution in [0.25, 0.3) is 0 Å². The molecule has 0 aliphatic heterocycles. The summed E-state index contributed by atoms with van der Waals surface area (Å²) in [7, 11) is 1.92. The van der Waals surface area contributed by atoms with E-state index >= 15 is 0 Å². The molecule has 1 aromatic rings. The van der Waals surface area contributed by atoms with Gasteiger partial charge in [-0.3, -0.25) is 0 Å². The van der Waals surface area contributed by atoms with Crippen molar-refractivity contribution in [2.24, 2.45) is 5.73 Å². The second kappa shape index (κ2) is 5.05. The van der Waals surface area contributed by atoms with Crippen LogP contribution in [0.15, 0.2) is 18.2 Å². The monoisotopic (exact) mass is 238 g/mol. The molecule has 0 fully saturated rings. The largest absolute Gasteiger partial charge is 0.367 e. The highest BCUT2D eigenvalue weighted by atomic mass is 19.1. The Morgan fingerprint density at radius 3 is 2.47 bits per heavy atom. The third-order valence-electron chi connectivity index (χ3n) is 3.62. The Bertz CT molecular complexity index is 386. The number of para-hydroxylation sites is 1. The van der Waals surface area contributed by atoms with Gasteiger partial charge in [0.1, 0.15) is 5.82 Å². The second-order valence-electron chi connectivity index (χ2n) is 5.19. The van der Waals surface area contributed by atoms with Crippen molar-refractivity contribution in [2.45, 2.75) is 45.7 Å². The first-order valence-electron chi connectivity index (χ1n) is 6.09. The molecule has 0 bridgehead atoms. The maximum Gasteiger partial charge on any atom is 0.146 e. The quantitative estimate of drug-likeness (QED) is 0.870. The van der Waals surface area contributed by atoms with Crippen molar-refractivity contribution in [3.63, 3.8) is 0 Å². The Morgan fingerprint density at radius 2 is 2.00 bits per heavy atom. The van der Waals surface area contributed by atoms with Gasteiger partial charge in [-0.1, -0.05) is 19.1 Å². The van der Waals surface area contributed by atoms with Gasteiger partial charge in [0.25, 0.3) is 0 Å². The number of nitrogens with zero attached hydrogens (tertiary/aromatic N) is 1. The van der Waals surface area contributed by atoms with Crippen molar-refractivity contribution in [2.75, 3.05) is 11.9 Å². The molecule has 0 aromatic heterocycles. The molecule has 0 aliphatic rings. The van der Waals surface area contributed by atoms with Crippen LogP contribution in [-0.2, 0) is 0 Å². The number of hydrogen-bond donors (Lipinski definition) is 1. The highest BCUT2D eigenvalue weighted by molar-refractivity contribution is 5.57. The van der Waals surface area contributed by atoms with Crippen molar-refractivity contribution in [3.8, 4) is 0 Å². The Hall–Kier alpha value is -1.09. The first kappa shape index (κ1) is 14.0. The van der Waals surface area contributed by atoms with Gasteiger partial charge in [0, 0.05) is 18.6 Å². The zero-order valence-corrected chi connectivity index (χ0v) is 11.4. The molecule has 0 amide bonds. The average Bonchev–Trinajstić information content (AvgIpc) is 2.27. The maximum atomic E-state index is 14.0. The van der Waals surface area contributed by atoms with Crippen LogP contribution in [0.4, 0.5) is 10.1 Å². The van der Waals surface area contributed by atoms with E-state index in [0.29, 0.717) is 5.69 Å². The highest BCUT2D eigenvalue weighted by Crippen LogP contribution is 2.32. The Labute approximate surface area is 104 Å². The molecule has 17 heavy (non-hydrogen) atoms. The van der Waals surface area contributed by atoms with Crippen molar-refractivity contribution < 1.29 is 4.39 Å². The lowest BCUT2D eigenvalue weighted by molar-refractivity contribution is 0.460. The van der Waals surface area contributed by atoms with E-state index in [1.54, 1.807) is 6.07 Å². The third-order valence-corrected chi connectivity index (χ3v) is 3.62. The minimum absolute atomic E-state index is 0.0914. The lowest BCUT2D eigenvalue weighted by atomic mass is 9.96. The molecule has 0 spiro atoms. The van der Waals surface area contributed by atoms with Crippen LogP contribution in [0.1, 0.15) is 45.7 Å². The van der Waals surface area contributed by atoms with Crippen LogP contribution in [-0.4, -0.2) is 12.6 Å². The zero-order valence-electron chi connectivity index (χ0n) is 11.4. The number of hydrogen-bond acceptors (Lipinski definition) is 2. The van der Waals surface area contributed by atoms with Crippen LogP contribution < -0.4 is 10.6 Å². The van der Waals surface area contributed by atoms with E-state index in [4.69, 9.17) is 5.73 Å². The number of nitrogens with two attached hydrogens (primary N) is 1. The van der Waals surface area contributed by atoms with Crippen LogP contribution in [0, 0.1) is 5.82 Å². The molecule has 1 aromatic carbocycles. The molecule has 0 saturated carbocycles. The summed E-state index contributed by atoms with van der Waals surface area (Å²) >= 11 is 0. The SMILES string of the molecule is CCC(C)(C)N(C)c1c(F)cccc1[C@@H](C)N. The minimum Gasteiger partial charge on any atom is -0.367 e. The summed E-state index contributed by atoms with van der Waals surface area (Å²) in [6, 6.07) is 4.93. The first-order chi connectivity index (χ1) is 7.81. The van der Waals surface area contributed by atoms with Crippen LogP contribution in [0.5, 0.6) is 0 Å². The van der Waals surface area contributed by atoms with Gasteiger partial charge in [0.2, 0.25) is 0 Å². The molecular formula is C14H23FN2. The second-order valence-corrected chi connectivity index (χ2v) is 5.19. The van der Waals surface area contributed by atoms with Gasteiger partial charge in [-0.2, -0.15) is 0 Å². The summed E-state index contributed by atoms with van der Waals surface area (Å²) in [6.07, 6.45) is 0.941. The number of halogens is 1. The highest BCUT2D eigenvalue weighted by Gasteiger charge is 2.26. The van der Waals surface area contributed by atoms with Gasteiger partial charge < -0.3 is 10.6 Å². The van der Waals surface area contributed by atoms with Crippen molar-refractivity contribution >= 4 is 5.69 Å². The summed E-state index contributed by atoms with van der Waals surface area (Å²) < 4.78 is 14.0. The van der Waals surface area contributed by atoms with Crippen molar-refractivity contribution in [1.29, 1.82) is 0 Å². The smallest absolute Gasteiger partial charge is 0.146 e. The van der Waals surface area contributed by atoms with Crippen molar-refractivity contribution in [1.82, 2.24) is 0 Å². The van der Waals surface area contributed by atoms with E-state index in [2.05, 4.69) is 20.8 Å². The number of anilines is 1. The Morgan fingerprint density at radius 1 is 1.41 bits per heavy atom. The minimum atomic E-state index is -0.205. The summed E-state index contributed by atoms with van der Waals surface area (Å²) in [5, 5.41) is 0. The fourth-order valence-corrected chi connectivity index (χ4v) is 1.79. The summed E-state index contributed by atoms with van der Waals surface area (Å²) in [6.45, 7) is 8.18. The molecule has 96 valence electrons. The molecular weight excluding hydrogens is 215 g/mol. The molecule has 0 saturated heterocycles. The van der Waals surface area contributed by atoms with Crippen LogP contribution in [0.2, 0.25) is 0 Å². The molecule has 1 rings (SSSR count). The molecule has 0 unspecified atom stereocenters. The summed E-state index contributed by atoms with van der Waals surface area (Å²) in [5.41, 5.74) is 7.30. The van der Waals surface area contributed by atoms with E-state index in [-0.39, 0.29) is 17.4 Å². The van der Waals surface area contributed by atoms with E-state index < -0.39 is 0 Å². The Balaban J connectivity index is 3.29. The van der Waals surface area contributed by atoms with E-state index in [0.717, 1.165) is 12.0 Å². The normalized spacial score (nSPS) is 13.6. The maximum absolute atomic E-state index is 14.0. The average molecular weight is 238 g/mol. The standard InChI is InChI=1S/C14H23FN2/c1-6-14(3,4)17(5)13-11(10(2)16)8-7-9-12(13)15/h7-10H,6,16H2,1-5H3/t10-/m1/s1. The van der Waals surface area contributed by atoms with Crippen LogP contribution in [0.3, 0.4) is 0 Å². The van der Waals surface area contributed by atoms with E-state index in [9.17, 15) is 4.39 Å². The van der Waals surface area contributed by atoms with Gasteiger partial charge in [-0.05, 0) is 38.8 Å². The third kappa shape index (κ3) is 2.78. The number of rotatable bonds is 4. The lowest BCUT2D eigenvalue weighted by Gasteiger charge is -2.38. The molecule has 2 N–H and O–H groups in total. The summed E-state index contributed by atoms with van der Waals surface area (Å²) in [4.78, 5) is 1.99. The van der Waals surface area contributed by atoms with Crippen LogP contribution >= 0.6 is 0 Å². The van der Waals surface area contributed by atoms with Gasteiger partial charge >= 0.3 is 0 Å².